The first-order valence-electron chi connectivity index (χ1n) is 9.66. The minimum atomic E-state index is -0.493. The summed E-state index contributed by atoms with van der Waals surface area (Å²) in [6.07, 6.45) is 1.59. The van der Waals surface area contributed by atoms with Crippen LogP contribution in [0.4, 0.5) is 5.69 Å². The number of nitrogens with one attached hydrogen (secondary N) is 2. The first-order chi connectivity index (χ1) is 14.3. The van der Waals surface area contributed by atoms with Crippen LogP contribution in [0.15, 0.2) is 40.9 Å². The molecule has 0 aliphatic carbocycles. The SMILES string of the molecule is CCCCN1C(=O)c2ccc(C(=O)NCC(=O)Nc3ccc(Br)cc3C)cc2C1=O. The van der Waals surface area contributed by atoms with Crippen molar-refractivity contribution in [3.05, 3.63) is 63.1 Å². The number of hydrogen-bond acceptors (Lipinski definition) is 4. The van der Waals surface area contributed by atoms with E-state index in [0.29, 0.717) is 17.8 Å². The molecule has 2 aromatic rings. The lowest BCUT2D eigenvalue weighted by atomic mass is 10.1. The van der Waals surface area contributed by atoms with E-state index in [1.54, 1.807) is 6.07 Å². The third-order valence-electron chi connectivity index (χ3n) is 4.84. The average Bonchev–Trinajstić information content (AvgIpc) is 2.96. The second-order valence-electron chi connectivity index (χ2n) is 7.07. The third-order valence-corrected chi connectivity index (χ3v) is 5.33. The number of benzene rings is 2. The second-order valence-corrected chi connectivity index (χ2v) is 7.98. The number of rotatable bonds is 7. The molecule has 8 heteroatoms. The number of amides is 4. The summed E-state index contributed by atoms with van der Waals surface area (Å²) in [6, 6.07) is 9.84. The summed E-state index contributed by atoms with van der Waals surface area (Å²) >= 11 is 3.37. The highest BCUT2D eigenvalue weighted by Crippen LogP contribution is 2.24. The number of nitrogens with zero attached hydrogens (tertiary/aromatic N) is 1. The largest absolute Gasteiger partial charge is 0.343 e. The molecule has 0 bridgehead atoms. The van der Waals surface area contributed by atoms with Crippen LogP contribution in [0.2, 0.25) is 0 Å². The van der Waals surface area contributed by atoms with Gasteiger partial charge in [0.05, 0.1) is 17.7 Å². The van der Waals surface area contributed by atoms with Gasteiger partial charge in [-0.25, -0.2) is 0 Å². The summed E-state index contributed by atoms with van der Waals surface area (Å²) in [5.74, 6) is -1.58. The minimum absolute atomic E-state index is 0.221. The van der Waals surface area contributed by atoms with Gasteiger partial charge in [-0.1, -0.05) is 29.3 Å². The van der Waals surface area contributed by atoms with E-state index in [-0.39, 0.29) is 35.4 Å². The van der Waals surface area contributed by atoms with Crippen molar-refractivity contribution >= 4 is 45.2 Å². The van der Waals surface area contributed by atoms with Gasteiger partial charge in [-0.2, -0.15) is 0 Å². The first kappa shape index (κ1) is 21.7. The topological polar surface area (TPSA) is 95.6 Å². The molecular weight excluding hydrogens is 450 g/mol. The van der Waals surface area contributed by atoms with Crippen LogP contribution in [0.5, 0.6) is 0 Å². The van der Waals surface area contributed by atoms with Gasteiger partial charge >= 0.3 is 0 Å². The van der Waals surface area contributed by atoms with Crippen molar-refractivity contribution in [1.29, 1.82) is 0 Å². The Labute approximate surface area is 183 Å². The van der Waals surface area contributed by atoms with E-state index in [1.165, 1.54) is 23.1 Å². The summed E-state index contributed by atoms with van der Waals surface area (Å²) < 4.78 is 0.907. The van der Waals surface area contributed by atoms with Crippen molar-refractivity contribution in [3.8, 4) is 0 Å². The van der Waals surface area contributed by atoms with Crippen molar-refractivity contribution in [1.82, 2.24) is 10.2 Å². The molecule has 4 amide bonds. The molecule has 2 N–H and O–H groups in total. The monoisotopic (exact) mass is 471 g/mol. The van der Waals surface area contributed by atoms with E-state index in [2.05, 4.69) is 26.6 Å². The Morgan fingerprint density at radius 2 is 1.77 bits per heavy atom. The molecule has 0 saturated heterocycles. The van der Waals surface area contributed by atoms with Gasteiger partial charge in [0.15, 0.2) is 0 Å². The number of carbonyl (C=O) groups excluding carboxylic acids is 4. The quantitative estimate of drug-likeness (QED) is 0.603. The number of unbranched alkanes of at least 4 members (excludes halogenated alkanes) is 1. The molecule has 1 aliphatic heterocycles. The predicted molar refractivity (Wildman–Crippen MR) is 117 cm³/mol. The molecule has 0 radical (unpaired) electrons. The fraction of sp³-hybridized carbons (Fsp3) is 0.273. The van der Waals surface area contributed by atoms with E-state index in [4.69, 9.17) is 0 Å². The summed E-state index contributed by atoms with van der Waals surface area (Å²) in [5.41, 5.74) is 2.29. The van der Waals surface area contributed by atoms with Gasteiger partial charge in [-0.3, -0.25) is 24.1 Å². The van der Waals surface area contributed by atoms with Crippen LogP contribution in [-0.4, -0.2) is 41.6 Å². The van der Waals surface area contributed by atoms with Gasteiger partial charge in [0.25, 0.3) is 17.7 Å². The lowest BCUT2D eigenvalue weighted by Gasteiger charge is -2.12. The van der Waals surface area contributed by atoms with Gasteiger partial charge in [0.2, 0.25) is 5.91 Å². The van der Waals surface area contributed by atoms with Gasteiger partial charge in [0, 0.05) is 22.3 Å². The number of aryl methyl sites for hydroxylation is 1. The standard InChI is InChI=1S/C22H22BrN3O4/c1-3-4-9-26-21(29)16-7-5-14(11-17(16)22(26)30)20(28)24-12-19(27)25-18-8-6-15(23)10-13(18)2/h5-8,10-11H,3-4,9,12H2,1-2H3,(H,24,28)(H,25,27). The minimum Gasteiger partial charge on any atom is -0.343 e. The first-order valence-corrected chi connectivity index (χ1v) is 10.5. The normalized spacial score (nSPS) is 12.7. The van der Waals surface area contributed by atoms with Crippen LogP contribution in [0.3, 0.4) is 0 Å². The summed E-state index contributed by atoms with van der Waals surface area (Å²) in [6.45, 7) is 3.99. The predicted octanol–water partition coefficient (Wildman–Crippen LogP) is 3.52. The van der Waals surface area contributed by atoms with Crippen LogP contribution in [0.1, 0.15) is 56.4 Å². The molecule has 156 valence electrons. The van der Waals surface area contributed by atoms with Crippen molar-refractivity contribution in [3.63, 3.8) is 0 Å². The molecule has 0 unspecified atom stereocenters. The molecular formula is C22H22BrN3O4. The van der Waals surface area contributed by atoms with Crippen LogP contribution in [0, 0.1) is 6.92 Å². The number of hydrogen-bond donors (Lipinski definition) is 2. The lowest BCUT2D eigenvalue weighted by Crippen LogP contribution is -2.33. The third kappa shape index (κ3) is 4.59. The highest BCUT2D eigenvalue weighted by atomic mass is 79.9. The number of carbonyl (C=O) groups is 4. The molecule has 0 saturated carbocycles. The van der Waals surface area contributed by atoms with Crippen molar-refractivity contribution < 1.29 is 19.2 Å². The number of imide groups is 1. The Morgan fingerprint density at radius 1 is 1.03 bits per heavy atom. The van der Waals surface area contributed by atoms with Gasteiger partial charge < -0.3 is 10.6 Å². The molecule has 0 atom stereocenters. The van der Waals surface area contributed by atoms with Gasteiger partial charge in [-0.05, 0) is 55.3 Å². The van der Waals surface area contributed by atoms with Crippen molar-refractivity contribution in [2.75, 3.05) is 18.4 Å². The highest BCUT2D eigenvalue weighted by Gasteiger charge is 2.35. The summed E-state index contributed by atoms with van der Waals surface area (Å²) in [7, 11) is 0. The Bertz CT molecular complexity index is 1040. The maximum absolute atomic E-state index is 12.5. The Hall–Kier alpha value is -3.00. The van der Waals surface area contributed by atoms with Gasteiger partial charge in [-0.15, -0.1) is 0 Å². The van der Waals surface area contributed by atoms with E-state index in [1.807, 2.05) is 26.0 Å². The highest BCUT2D eigenvalue weighted by molar-refractivity contribution is 9.10. The summed E-state index contributed by atoms with van der Waals surface area (Å²) in [5, 5.41) is 5.29. The van der Waals surface area contributed by atoms with Crippen molar-refractivity contribution in [2.24, 2.45) is 0 Å². The van der Waals surface area contributed by atoms with Crippen molar-refractivity contribution in [2.45, 2.75) is 26.7 Å². The smallest absolute Gasteiger partial charge is 0.261 e. The van der Waals surface area contributed by atoms with Crippen LogP contribution < -0.4 is 10.6 Å². The number of halogens is 1. The number of fused-ring (bicyclic) bond motifs is 1. The second kappa shape index (κ2) is 9.21. The van der Waals surface area contributed by atoms with Crippen LogP contribution >= 0.6 is 15.9 Å². The average molecular weight is 472 g/mol. The molecule has 0 fully saturated rings. The zero-order valence-electron chi connectivity index (χ0n) is 16.8. The molecule has 0 aromatic heterocycles. The molecule has 1 heterocycles. The Balaban J connectivity index is 1.63. The zero-order valence-corrected chi connectivity index (χ0v) is 18.3. The maximum atomic E-state index is 12.5. The summed E-state index contributed by atoms with van der Waals surface area (Å²) in [4.78, 5) is 50.7. The lowest BCUT2D eigenvalue weighted by molar-refractivity contribution is -0.115. The molecule has 0 spiro atoms. The van der Waals surface area contributed by atoms with Gasteiger partial charge in [0.1, 0.15) is 0 Å². The van der Waals surface area contributed by atoms with E-state index in [9.17, 15) is 19.2 Å². The van der Waals surface area contributed by atoms with E-state index >= 15 is 0 Å². The Kier molecular flexibility index (Phi) is 6.66. The maximum Gasteiger partial charge on any atom is 0.261 e. The molecule has 1 aliphatic rings. The Morgan fingerprint density at radius 3 is 2.47 bits per heavy atom. The molecule has 3 rings (SSSR count). The molecule has 7 nitrogen and oxygen atoms in total. The molecule has 2 aromatic carbocycles. The van der Waals surface area contributed by atoms with E-state index in [0.717, 1.165) is 22.9 Å². The fourth-order valence-electron chi connectivity index (χ4n) is 3.18. The zero-order chi connectivity index (χ0) is 21.8. The van der Waals surface area contributed by atoms with E-state index < -0.39 is 5.91 Å². The van der Waals surface area contributed by atoms with Crippen LogP contribution in [0.25, 0.3) is 0 Å². The fourth-order valence-corrected chi connectivity index (χ4v) is 3.65. The molecule has 30 heavy (non-hydrogen) atoms. The number of anilines is 1. The van der Waals surface area contributed by atoms with Crippen LogP contribution in [-0.2, 0) is 4.79 Å².